The third-order valence-corrected chi connectivity index (χ3v) is 4.14. The topological polar surface area (TPSA) is 26.0 Å². The summed E-state index contributed by atoms with van der Waals surface area (Å²) in [5.41, 5.74) is 7.60. The van der Waals surface area contributed by atoms with Gasteiger partial charge in [0.1, 0.15) is 0 Å². The molecular formula is C13H23N. The number of nitrogens with two attached hydrogens (primary N) is 1. The fourth-order valence-corrected chi connectivity index (χ4v) is 3.06. The summed E-state index contributed by atoms with van der Waals surface area (Å²) in [5, 5.41) is 0. The second kappa shape index (κ2) is 4.48. The van der Waals surface area contributed by atoms with Crippen LogP contribution >= 0.6 is 0 Å². The van der Waals surface area contributed by atoms with Gasteiger partial charge in [-0.3, -0.25) is 0 Å². The average molecular weight is 193 g/mol. The quantitative estimate of drug-likeness (QED) is 0.669. The van der Waals surface area contributed by atoms with Gasteiger partial charge in [0.15, 0.2) is 0 Å². The Morgan fingerprint density at radius 3 is 2.43 bits per heavy atom. The van der Waals surface area contributed by atoms with E-state index in [-0.39, 0.29) is 0 Å². The highest BCUT2D eigenvalue weighted by atomic mass is 14.6. The van der Waals surface area contributed by atoms with E-state index in [1.165, 1.54) is 44.9 Å². The van der Waals surface area contributed by atoms with Crippen LogP contribution in [0.25, 0.3) is 0 Å². The molecule has 0 amide bonds. The molecule has 2 aliphatic rings. The fourth-order valence-electron chi connectivity index (χ4n) is 3.06. The Bertz CT molecular complexity index is 211. The molecule has 0 radical (unpaired) electrons. The van der Waals surface area contributed by atoms with Crippen molar-refractivity contribution < 1.29 is 0 Å². The van der Waals surface area contributed by atoms with Crippen LogP contribution in [-0.4, -0.2) is 6.04 Å². The summed E-state index contributed by atoms with van der Waals surface area (Å²) in [7, 11) is 0. The van der Waals surface area contributed by atoms with Gasteiger partial charge in [-0.05, 0) is 50.4 Å². The van der Waals surface area contributed by atoms with Crippen LogP contribution in [0, 0.1) is 11.8 Å². The van der Waals surface area contributed by atoms with Gasteiger partial charge in [-0.1, -0.05) is 25.0 Å². The second-order valence-electron chi connectivity index (χ2n) is 5.07. The molecule has 0 aromatic heterocycles. The third-order valence-electron chi connectivity index (χ3n) is 4.14. The Morgan fingerprint density at radius 2 is 1.93 bits per heavy atom. The molecule has 0 heterocycles. The maximum absolute atomic E-state index is 5.91. The molecule has 2 aliphatic carbocycles. The number of hydrogen-bond donors (Lipinski definition) is 1. The van der Waals surface area contributed by atoms with E-state index in [4.69, 9.17) is 5.73 Å². The average Bonchev–Trinajstić information content (AvgIpc) is 2.65. The van der Waals surface area contributed by atoms with Crippen molar-refractivity contribution in [2.45, 2.75) is 57.9 Å². The lowest BCUT2D eigenvalue weighted by molar-refractivity contribution is 0.292. The van der Waals surface area contributed by atoms with Crippen LogP contribution in [0.3, 0.4) is 0 Å². The van der Waals surface area contributed by atoms with Crippen LogP contribution < -0.4 is 5.73 Å². The lowest BCUT2D eigenvalue weighted by atomic mass is 9.77. The molecule has 0 aromatic rings. The molecule has 80 valence electrons. The van der Waals surface area contributed by atoms with Gasteiger partial charge in [-0.25, -0.2) is 0 Å². The SMILES string of the molecule is CCC1CCC(C2=CC(N)CC2)CC1. The van der Waals surface area contributed by atoms with Crippen LogP contribution in [0.2, 0.25) is 0 Å². The summed E-state index contributed by atoms with van der Waals surface area (Å²) in [4.78, 5) is 0. The molecule has 1 unspecified atom stereocenters. The first-order valence-electron chi connectivity index (χ1n) is 6.25. The first-order valence-corrected chi connectivity index (χ1v) is 6.25. The van der Waals surface area contributed by atoms with E-state index in [2.05, 4.69) is 13.0 Å². The third kappa shape index (κ3) is 2.20. The maximum Gasteiger partial charge on any atom is 0.0229 e. The maximum atomic E-state index is 5.91. The van der Waals surface area contributed by atoms with Gasteiger partial charge in [0, 0.05) is 6.04 Å². The Morgan fingerprint density at radius 1 is 1.21 bits per heavy atom. The zero-order chi connectivity index (χ0) is 9.97. The van der Waals surface area contributed by atoms with Crippen molar-refractivity contribution in [3.8, 4) is 0 Å². The monoisotopic (exact) mass is 193 g/mol. The summed E-state index contributed by atoms with van der Waals surface area (Å²) in [6.07, 6.45) is 12.0. The van der Waals surface area contributed by atoms with Gasteiger partial charge in [0.05, 0.1) is 0 Å². The van der Waals surface area contributed by atoms with E-state index in [0.717, 1.165) is 11.8 Å². The summed E-state index contributed by atoms with van der Waals surface area (Å²) >= 11 is 0. The lowest BCUT2D eigenvalue weighted by Gasteiger charge is -2.28. The Kier molecular flexibility index (Phi) is 3.27. The largest absolute Gasteiger partial charge is 0.324 e. The van der Waals surface area contributed by atoms with Crippen molar-refractivity contribution in [1.82, 2.24) is 0 Å². The molecule has 1 heteroatoms. The van der Waals surface area contributed by atoms with Crippen LogP contribution in [0.15, 0.2) is 11.6 Å². The Hall–Kier alpha value is -0.300. The van der Waals surface area contributed by atoms with E-state index in [1.807, 2.05) is 0 Å². The minimum absolute atomic E-state index is 0.369. The van der Waals surface area contributed by atoms with E-state index >= 15 is 0 Å². The van der Waals surface area contributed by atoms with Crippen molar-refractivity contribution in [3.63, 3.8) is 0 Å². The highest BCUT2D eigenvalue weighted by Crippen LogP contribution is 2.38. The van der Waals surface area contributed by atoms with Gasteiger partial charge in [0.2, 0.25) is 0 Å². The molecule has 2 N–H and O–H groups in total. The first kappa shape index (κ1) is 10.2. The van der Waals surface area contributed by atoms with E-state index in [1.54, 1.807) is 5.57 Å². The Balaban J connectivity index is 1.86. The fraction of sp³-hybridized carbons (Fsp3) is 0.846. The molecule has 0 bridgehead atoms. The highest BCUT2D eigenvalue weighted by molar-refractivity contribution is 5.17. The predicted octanol–water partition coefficient (Wildman–Crippen LogP) is 3.25. The highest BCUT2D eigenvalue weighted by Gasteiger charge is 2.25. The lowest BCUT2D eigenvalue weighted by Crippen LogP contribution is -2.15. The molecule has 14 heavy (non-hydrogen) atoms. The summed E-state index contributed by atoms with van der Waals surface area (Å²) in [6, 6.07) is 0.369. The van der Waals surface area contributed by atoms with Crippen LogP contribution in [0.4, 0.5) is 0 Å². The predicted molar refractivity (Wildman–Crippen MR) is 61.0 cm³/mol. The van der Waals surface area contributed by atoms with Crippen LogP contribution in [-0.2, 0) is 0 Å². The molecule has 0 aromatic carbocycles. The molecule has 0 aliphatic heterocycles. The minimum atomic E-state index is 0.369. The number of rotatable bonds is 2. The van der Waals surface area contributed by atoms with E-state index < -0.39 is 0 Å². The smallest absolute Gasteiger partial charge is 0.0229 e. The van der Waals surface area contributed by atoms with Gasteiger partial charge in [-0.15, -0.1) is 0 Å². The molecule has 1 saturated carbocycles. The first-order chi connectivity index (χ1) is 6.79. The van der Waals surface area contributed by atoms with Crippen molar-refractivity contribution in [1.29, 1.82) is 0 Å². The van der Waals surface area contributed by atoms with Crippen LogP contribution in [0.1, 0.15) is 51.9 Å². The van der Waals surface area contributed by atoms with Crippen molar-refractivity contribution in [3.05, 3.63) is 11.6 Å². The van der Waals surface area contributed by atoms with Crippen molar-refractivity contribution in [2.24, 2.45) is 17.6 Å². The molecule has 1 fully saturated rings. The van der Waals surface area contributed by atoms with E-state index in [9.17, 15) is 0 Å². The molecular weight excluding hydrogens is 170 g/mol. The van der Waals surface area contributed by atoms with Crippen molar-refractivity contribution >= 4 is 0 Å². The molecule has 1 nitrogen and oxygen atoms in total. The summed E-state index contributed by atoms with van der Waals surface area (Å²) in [6.45, 7) is 2.33. The van der Waals surface area contributed by atoms with Gasteiger partial charge < -0.3 is 5.73 Å². The molecule has 0 spiro atoms. The number of hydrogen-bond acceptors (Lipinski definition) is 1. The van der Waals surface area contributed by atoms with Crippen LogP contribution in [0.5, 0.6) is 0 Å². The normalized spacial score (nSPS) is 38.4. The molecule has 2 rings (SSSR count). The molecule has 1 atom stereocenters. The summed E-state index contributed by atoms with van der Waals surface area (Å²) < 4.78 is 0. The molecule has 0 saturated heterocycles. The zero-order valence-corrected chi connectivity index (χ0v) is 9.34. The zero-order valence-electron chi connectivity index (χ0n) is 9.34. The standard InChI is InChI=1S/C13H23N/c1-2-10-3-5-11(6-4-10)12-7-8-13(14)9-12/h9-11,13H,2-8,14H2,1H3. The van der Waals surface area contributed by atoms with Gasteiger partial charge in [0.25, 0.3) is 0 Å². The van der Waals surface area contributed by atoms with E-state index in [0.29, 0.717) is 6.04 Å². The Labute approximate surface area is 87.8 Å². The minimum Gasteiger partial charge on any atom is -0.324 e. The second-order valence-corrected chi connectivity index (χ2v) is 5.07. The summed E-state index contributed by atoms with van der Waals surface area (Å²) in [5.74, 6) is 1.91. The van der Waals surface area contributed by atoms with Gasteiger partial charge >= 0.3 is 0 Å². The van der Waals surface area contributed by atoms with Crippen molar-refractivity contribution in [2.75, 3.05) is 0 Å². The van der Waals surface area contributed by atoms with Gasteiger partial charge in [-0.2, -0.15) is 0 Å². The number of allylic oxidation sites excluding steroid dienone is 1.